The molecule has 1 aliphatic rings. The Bertz CT molecular complexity index is 360. The normalized spacial score (nSPS) is 20.1. The molecular weight excluding hydrogens is 186 g/mol. The van der Waals surface area contributed by atoms with E-state index in [9.17, 15) is 0 Å². The zero-order valence-corrected chi connectivity index (χ0v) is 9.80. The largest absolute Gasteiger partial charge is 0.319 e. The fourth-order valence-corrected chi connectivity index (χ4v) is 2.62. The number of rotatable bonds is 2. The van der Waals surface area contributed by atoms with Crippen LogP contribution < -0.4 is 5.32 Å². The molecule has 0 bridgehead atoms. The number of hydrogen-bond donors (Lipinski definition) is 1. The van der Waals surface area contributed by atoms with Crippen LogP contribution >= 0.6 is 0 Å². The monoisotopic (exact) mass is 205 g/mol. The van der Waals surface area contributed by atoms with Gasteiger partial charge in [0, 0.05) is 17.9 Å². The Kier molecular flexibility index (Phi) is 3.00. The van der Waals surface area contributed by atoms with Crippen molar-refractivity contribution in [1.29, 1.82) is 0 Å². The lowest BCUT2D eigenvalue weighted by atomic mass is 9.84. The second kappa shape index (κ2) is 4.27. The summed E-state index contributed by atoms with van der Waals surface area (Å²) < 4.78 is 0. The highest BCUT2D eigenvalue weighted by molar-refractivity contribution is 5.31. The summed E-state index contributed by atoms with van der Waals surface area (Å²) >= 11 is 0. The number of likely N-dealkylation sites (N-methyl/N-ethyl adjacent to an activating group) is 1. The zero-order valence-electron chi connectivity index (χ0n) is 9.80. The van der Waals surface area contributed by atoms with Gasteiger partial charge in [-0.1, -0.05) is 0 Å². The summed E-state index contributed by atoms with van der Waals surface area (Å²) in [5.74, 6) is 1.52. The van der Waals surface area contributed by atoms with Crippen molar-refractivity contribution in [2.45, 2.75) is 39.0 Å². The van der Waals surface area contributed by atoms with Gasteiger partial charge < -0.3 is 5.32 Å². The molecule has 0 aliphatic heterocycles. The SMILES string of the molecule is CNCC1CCCc2nc(C)nc(C)c21. The van der Waals surface area contributed by atoms with E-state index in [1.54, 1.807) is 0 Å². The summed E-state index contributed by atoms with van der Waals surface area (Å²) in [5.41, 5.74) is 3.87. The Balaban J connectivity index is 2.41. The first kappa shape index (κ1) is 10.6. The third-order valence-electron chi connectivity index (χ3n) is 3.15. The number of fused-ring (bicyclic) bond motifs is 1. The van der Waals surface area contributed by atoms with E-state index in [0.29, 0.717) is 5.92 Å². The van der Waals surface area contributed by atoms with Crippen molar-refractivity contribution in [1.82, 2.24) is 15.3 Å². The molecule has 0 amide bonds. The highest BCUT2D eigenvalue weighted by atomic mass is 14.9. The van der Waals surface area contributed by atoms with Gasteiger partial charge in [-0.05, 0) is 51.6 Å². The number of nitrogens with one attached hydrogen (secondary N) is 1. The van der Waals surface area contributed by atoms with Gasteiger partial charge in [-0.25, -0.2) is 9.97 Å². The van der Waals surface area contributed by atoms with Crippen molar-refractivity contribution in [3.63, 3.8) is 0 Å². The second-order valence-corrected chi connectivity index (χ2v) is 4.36. The van der Waals surface area contributed by atoms with Gasteiger partial charge in [0.2, 0.25) is 0 Å². The molecule has 0 saturated carbocycles. The molecule has 3 heteroatoms. The Morgan fingerprint density at radius 2 is 2.13 bits per heavy atom. The third-order valence-corrected chi connectivity index (χ3v) is 3.15. The van der Waals surface area contributed by atoms with Crippen LogP contribution in [0.4, 0.5) is 0 Å². The lowest BCUT2D eigenvalue weighted by Crippen LogP contribution is -2.23. The minimum Gasteiger partial charge on any atom is -0.319 e. The molecule has 0 aromatic carbocycles. The number of nitrogens with zero attached hydrogens (tertiary/aromatic N) is 2. The summed E-state index contributed by atoms with van der Waals surface area (Å²) in [7, 11) is 2.01. The molecule has 0 spiro atoms. The molecule has 0 fully saturated rings. The van der Waals surface area contributed by atoms with Gasteiger partial charge in [-0.15, -0.1) is 0 Å². The highest BCUT2D eigenvalue weighted by Gasteiger charge is 2.23. The van der Waals surface area contributed by atoms with Crippen molar-refractivity contribution >= 4 is 0 Å². The van der Waals surface area contributed by atoms with Gasteiger partial charge in [-0.3, -0.25) is 0 Å². The lowest BCUT2D eigenvalue weighted by molar-refractivity contribution is 0.514. The Hall–Kier alpha value is -0.960. The van der Waals surface area contributed by atoms with Crippen LogP contribution in [0.15, 0.2) is 0 Å². The third kappa shape index (κ3) is 2.02. The lowest BCUT2D eigenvalue weighted by Gasteiger charge is -2.26. The van der Waals surface area contributed by atoms with E-state index in [1.165, 1.54) is 29.8 Å². The zero-order chi connectivity index (χ0) is 10.8. The first-order valence-electron chi connectivity index (χ1n) is 5.71. The van der Waals surface area contributed by atoms with Crippen LogP contribution in [0.25, 0.3) is 0 Å². The second-order valence-electron chi connectivity index (χ2n) is 4.36. The van der Waals surface area contributed by atoms with E-state index in [0.717, 1.165) is 18.8 Å². The van der Waals surface area contributed by atoms with Crippen molar-refractivity contribution in [2.75, 3.05) is 13.6 Å². The first-order valence-corrected chi connectivity index (χ1v) is 5.71. The van der Waals surface area contributed by atoms with Crippen molar-refractivity contribution in [2.24, 2.45) is 0 Å². The van der Waals surface area contributed by atoms with Crippen molar-refractivity contribution in [3.05, 3.63) is 22.8 Å². The van der Waals surface area contributed by atoms with E-state index in [1.807, 2.05) is 14.0 Å². The molecule has 0 saturated heterocycles. The topological polar surface area (TPSA) is 37.8 Å². The molecule has 15 heavy (non-hydrogen) atoms. The minimum absolute atomic E-state index is 0.611. The average molecular weight is 205 g/mol. The predicted octanol–water partition coefficient (Wildman–Crippen LogP) is 1.73. The van der Waals surface area contributed by atoms with Gasteiger partial charge in [-0.2, -0.15) is 0 Å². The molecule has 1 atom stereocenters. The van der Waals surface area contributed by atoms with Gasteiger partial charge in [0.05, 0.1) is 0 Å². The maximum Gasteiger partial charge on any atom is 0.125 e. The smallest absolute Gasteiger partial charge is 0.125 e. The number of aromatic nitrogens is 2. The molecule has 0 radical (unpaired) electrons. The Morgan fingerprint density at radius 3 is 2.87 bits per heavy atom. The van der Waals surface area contributed by atoms with Crippen LogP contribution in [-0.4, -0.2) is 23.6 Å². The maximum absolute atomic E-state index is 4.57. The van der Waals surface area contributed by atoms with E-state index in [2.05, 4.69) is 22.2 Å². The van der Waals surface area contributed by atoms with E-state index in [4.69, 9.17) is 0 Å². The standard InChI is InChI=1S/C12H19N3/c1-8-12-10(7-13-3)5-4-6-11(12)15-9(2)14-8/h10,13H,4-7H2,1-3H3. The van der Waals surface area contributed by atoms with Gasteiger partial charge in [0.25, 0.3) is 0 Å². The fourth-order valence-electron chi connectivity index (χ4n) is 2.62. The van der Waals surface area contributed by atoms with Gasteiger partial charge >= 0.3 is 0 Å². The molecule has 82 valence electrons. The molecule has 2 rings (SSSR count). The van der Waals surface area contributed by atoms with Crippen molar-refractivity contribution < 1.29 is 0 Å². The number of aryl methyl sites for hydroxylation is 3. The summed E-state index contributed by atoms with van der Waals surface area (Å²) in [6.07, 6.45) is 3.65. The van der Waals surface area contributed by atoms with Crippen LogP contribution in [0.2, 0.25) is 0 Å². The molecule has 1 aliphatic carbocycles. The molecule has 1 heterocycles. The quantitative estimate of drug-likeness (QED) is 0.799. The van der Waals surface area contributed by atoms with Gasteiger partial charge in [0.15, 0.2) is 0 Å². The Labute approximate surface area is 91.3 Å². The van der Waals surface area contributed by atoms with Crippen LogP contribution in [-0.2, 0) is 6.42 Å². The fraction of sp³-hybridized carbons (Fsp3) is 0.667. The van der Waals surface area contributed by atoms with Crippen LogP contribution in [0.5, 0.6) is 0 Å². The van der Waals surface area contributed by atoms with E-state index < -0.39 is 0 Å². The van der Waals surface area contributed by atoms with Gasteiger partial charge in [0.1, 0.15) is 5.82 Å². The summed E-state index contributed by atoms with van der Waals surface area (Å²) in [6.45, 7) is 5.14. The average Bonchev–Trinajstić information content (AvgIpc) is 2.17. The number of hydrogen-bond acceptors (Lipinski definition) is 3. The first-order chi connectivity index (χ1) is 7.22. The van der Waals surface area contributed by atoms with Crippen LogP contribution in [0, 0.1) is 13.8 Å². The summed E-state index contributed by atoms with van der Waals surface area (Å²) in [6, 6.07) is 0. The summed E-state index contributed by atoms with van der Waals surface area (Å²) in [5, 5.41) is 3.26. The van der Waals surface area contributed by atoms with Crippen LogP contribution in [0.3, 0.4) is 0 Å². The summed E-state index contributed by atoms with van der Waals surface area (Å²) in [4.78, 5) is 9.05. The molecule has 1 aromatic heterocycles. The molecule has 1 N–H and O–H groups in total. The molecule has 1 aromatic rings. The van der Waals surface area contributed by atoms with E-state index in [-0.39, 0.29) is 0 Å². The predicted molar refractivity (Wildman–Crippen MR) is 61.1 cm³/mol. The van der Waals surface area contributed by atoms with Crippen LogP contribution in [0.1, 0.15) is 41.5 Å². The van der Waals surface area contributed by atoms with Crippen molar-refractivity contribution in [3.8, 4) is 0 Å². The van der Waals surface area contributed by atoms with E-state index >= 15 is 0 Å². The molecule has 1 unspecified atom stereocenters. The molecular formula is C12H19N3. The highest BCUT2D eigenvalue weighted by Crippen LogP contribution is 2.31. The maximum atomic E-state index is 4.57. The Morgan fingerprint density at radius 1 is 1.33 bits per heavy atom. The molecule has 3 nitrogen and oxygen atoms in total. The minimum atomic E-state index is 0.611.